The smallest absolute Gasteiger partial charge is 0.245 e. The number of nitrogens with one attached hydrogen (secondary N) is 2. The van der Waals surface area contributed by atoms with Gasteiger partial charge in [-0.05, 0) is 60.3 Å². The Morgan fingerprint density at radius 3 is 2.41 bits per heavy atom. The number of carbonyl (C=O) groups is 2. The Kier molecular flexibility index (Phi) is 6.85. The first-order valence-electron chi connectivity index (χ1n) is 8.56. The Morgan fingerprint density at radius 2 is 1.86 bits per heavy atom. The van der Waals surface area contributed by atoms with Crippen molar-refractivity contribution < 1.29 is 9.59 Å². The Hall–Kier alpha value is -1.10. The maximum Gasteiger partial charge on any atom is 0.245 e. The van der Waals surface area contributed by atoms with Crippen molar-refractivity contribution in [1.82, 2.24) is 15.5 Å². The monoisotopic (exact) mass is 311 g/mol. The van der Waals surface area contributed by atoms with E-state index in [1.54, 1.807) is 6.92 Å². The van der Waals surface area contributed by atoms with Gasteiger partial charge in [-0.3, -0.25) is 9.59 Å². The van der Waals surface area contributed by atoms with Gasteiger partial charge in [-0.1, -0.05) is 6.92 Å². The molecule has 1 aliphatic rings. The number of likely N-dealkylation sites (tertiary alicyclic amines) is 1. The first-order valence-corrected chi connectivity index (χ1v) is 8.56. The predicted molar refractivity (Wildman–Crippen MR) is 89.6 cm³/mol. The molecule has 0 aromatic carbocycles. The summed E-state index contributed by atoms with van der Waals surface area (Å²) in [6.07, 6.45) is 4.22. The van der Waals surface area contributed by atoms with Crippen LogP contribution in [0, 0.1) is 0 Å². The maximum atomic E-state index is 12.5. The molecule has 3 atom stereocenters. The molecule has 5 heteroatoms. The van der Waals surface area contributed by atoms with Crippen LogP contribution in [0.2, 0.25) is 0 Å². The van der Waals surface area contributed by atoms with Crippen molar-refractivity contribution in [1.29, 1.82) is 0 Å². The fourth-order valence-corrected chi connectivity index (χ4v) is 2.83. The molecule has 0 saturated carbocycles. The lowest BCUT2D eigenvalue weighted by atomic mass is 10.0. The van der Waals surface area contributed by atoms with E-state index >= 15 is 0 Å². The van der Waals surface area contributed by atoms with Gasteiger partial charge in [0.25, 0.3) is 0 Å². The van der Waals surface area contributed by atoms with Crippen molar-refractivity contribution in [3.05, 3.63) is 0 Å². The molecule has 0 bridgehead atoms. The van der Waals surface area contributed by atoms with Crippen LogP contribution in [-0.4, -0.2) is 46.9 Å². The average Bonchev–Trinajstić information content (AvgIpc) is 2.46. The second-order valence-corrected chi connectivity index (χ2v) is 7.21. The predicted octanol–water partition coefficient (Wildman–Crippen LogP) is 2.06. The van der Waals surface area contributed by atoms with Crippen LogP contribution in [0.15, 0.2) is 0 Å². The van der Waals surface area contributed by atoms with Gasteiger partial charge >= 0.3 is 0 Å². The summed E-state index contributed by atoms with van der Waals surface area (Å²) >= 11 is 0. The first-order chi connectivity index (χ1) is 10.2. The Morgan fingerprint density at radius 1 is 1.23 bits per heavy atom. The molecule has 0 aromatic rings. The molecule has 22 heavy (non-hydrogen) atoms. The number of hydrogen-bond donors (Lipinski definition) is 2. The van der Waals surface area contributed by atoms with Gasteiger partial charge in [0.15, 0.2) is 0 Å². The van der Waals surface area contributed by atoms with Crippen molar-refractivity contribution >= 4 is 11.8 Å². The summed E-state index contributed by atoms with van der Waals surface area (Å²) in [5.41, 5.74) is -0.0919. The van der Waals surface area contributed by atoms with E-state index in [9.17, 15) is 9.59 Å². The van der Waals surface area contributed by atoms with Gasteiger partial charge < -0.3 is 15.5 Å². The summed E-state index contributed by atoms with van der Waals surface area (Å²) in [6, 6.07) is -0.513. The fourth-order valence-electron chi connectivity index (χ4n) is 2.83. The molecule has 2 amide bonds. The van der Waals surface area contributed by atoms with Crippen LogP contribution in [0.4, 0.5) is 0 Å². The van der Waals surface area contributed by atoms with Gasteiger partial charge in [-0.25, -0.2) is 0 Å². The lowest BCUT2D eigenvalue weighted by Crippen LogP contribution is -2.56. The normalized spacial score (nSPS) is 22.1. The molecule has 1 heterocycles. The minimum Gasteiger partial charge on any atom is -0.343 e. The molecule has 0 radical (unpaired) electrons. The van der Waals surface area contributed by atoms with Crippen LogP contribution >= 0.6 is 0 Å². The first kappa shape index (κ1) is 18.9. The van der Waals surface area contributed by atoms with Gasteiger partial charge in [0.2, 0.25) is 11.8 Å². The molecule has 1 rings (SSSR count). The lowest BCUT2D eigenvalue weighted by Gasteiger charge is -2.35. The zero-order chi connectivity index (χ0) is 16.9. The van der Waals surface area contributed by atoms with E-state index in [-0.39, 0.29) is 29.4 Å². The molecule has 0 aromatic heterocycles. The highest BCUT2D eigenvalue weighted by Gasteiger charge is 2.29. The number of amides is 2. The van der Waals surface area contributed by atoms with Crippen LogP contribution in [0.3, 0.4) is 0 Å². The zero-order valence-corrected chi connectivity index (χ0v) is 15.0. The number of nitrogens with zero attached hydrogens (tertiary/aromatic N) is 1. The van der Waals surface area contributed by atoms with E-state index in [4.69, 9.17) is 0 Å². The molecule has 0 spiro atoms. The van der Waals surface area contributed by atoms with Crippen LogP contribution in [0.1, 0.15) is 67.2 Å². The summed E-state index contributed by atoms with van der Waals surface area (Å²) in [7, 11) is 0. The topological polar surface area (TPSA) is 61.4 Å². The maximum absolute atomic E-state index is 12.5. The highest BCUT2D eigenvalue weighted by atomic mass is 16.2. The van der Waals surface area contributed by atoms with E-state index in [2.05, 4.69) is 38.3 Å². The summed E-state index contributed by atoms with van der Waals surface area (Å²) in [5, 5.41) is 6.15. The third-order valence-corrected chi connectivity index (χ3v) is 4.70. The van der Waals surface area contributed by atoms with E-state index in [1.165, 1.54) is 6.42 Å². The van der Waals surface area contributed by atoms with Crippen molar-refractivity contribution in [2.24, 2.45) is 0 Å². The Balaban J connectivity index is 2.54. The van der Waals surface area contributed by atoms with Crippen LogP contribution in [-0.2, 0) is 9.59 Å². The third-order valence-electron chi connectivity index (χ3n) is 4.70. The highest BCUT2D eigenvalue weighted by molar-refractivity contribution is 5.89. The van der Waals surface area contributed by atoms with Gasteiger partial charge in [0, 0.05) is 18.1 Å². The second kappa shape index (κ2) is 7.95. The minimum absolute atomic E-state index is 0.0301. The summed E-state index contributed by atoms with van der Waals surface area (Å²) < 4.78 is 0. The van der Waals surface area contributed by atoms with Crippen LogP contribution in [0.5, 0.6) is 0 Å². The van der Waals surface area contributed by atoms with Crippen LogP contribution < -0.4 is 10.6 Å². The highest BCUT2D eigenvalue weighted by Crippen LogP contribution is 2.17. The molecule has 1 aliphatic heterocycles. The van der Waals surface area contributed by atoms with Crippen molar-refractivity contribution in [2.75, 3.05) is 6.54 Å². The van der Waals surface area contributed by atoms with E-state index < -0.39 is 6.04 Å². The van der Waals surface area contributed by atoms with E-state index in [1.807, 2.05) is 11.8 Å². The summed E-state index contributed by atoms with van der Waals surface area (Å²) in [5.74, 6) is -0.0884. The average molecular weight is 311 g/mol. The van der Waals surface area contributed by atoms with Gasteiger partial charge in [-0.15, -0.1) is 0 Å². The quantitative estimate of drug-likeness (QED) is 0.789. The third kappa shape index (κ3) is 5.27. The molecule has 0 unspecified atom stereocenters. The molecule has 1 saturated heterocycles. The Labute approximate surface area is 135 Å². The minimum atomic E-state index is -0.470. The number of piperidine rings is 1. The van der Waals surface area contributed by atoms with Gasteiger partial charge in [0.1, 0.15) is 6.04 Å². The molecular weight excluding hydrogens is 278 g/mol. The SMILES string of the molecule is CCC(C)(C)N[C@H](C)C(=O)N[C@@H](C)C(=O)N1CCCC[C@H]1C. The largest absolute Gasteiger partial charge is 0.343 e. The molecule has 2 N–H and O–H groups in total. The fraction of sp³-hybridized carbons (Fsp3) is 0.882. The number of rotatable bonds is 6. The van der Waals surface area contributed by atoms with E-state index in [0.717, 1.165) is 25.8 Å². The number of carbonyl (C=O) groups excluding carboxylic acids is 2. The van der Waals surface area contributed by atoms with Gasteiger partial charge in [0.05, 0.1) is 6.04 Å². The van der Waals surface area contributed by atoms with Crippen molar-refractivity contribution in [3.8, 4) is 0 Å². The Bertz CT molecular complexity index is 395. The molecule has 128 valence electrons. The standard InChI is InChI=1S/C17H33N3O2/c1-7-17(5,6)19-13(3)15(21)18-14(4)16(22)20-11-9-8-10-12(20)2/h12-14,19H,7-11H2,1-6H3,(H,18,21)/t12-,13-,14+/m1/s1. The summed E-state index contributed by atoms with van der Waals surface area (Å²) in [6.45, 7) is 12.7. The van der Waals surface area contributed by atoms with E-state index in [0.29, 0.717) is 0 Å². The summed E-state index contributed by atoms with van der Waals surface area (Å²) in [4.78, 5) is 26.7. The molecule has 0 aliphatic carbocycles. The van der Waals surface area contributed by atoms with Crippen molar-refractivity contribution in [3.63, 3.8) is 0 Å². The second-order valence-electron chi connectivity index (χ2n) is 7.21. The molecule has 1 fully saturated rings. The lowest BCUT2D eigenvalue weighted by molar-refractivity contribution is -0.139. The molecule has 5 nitrogen and oxygen atoms in total. The number of hydrogen-bond acceptors (Lipinski definition) is 3. The van der Waals surface area contributed by atoms with Gasteiger partial charge in [-0.2, -0.15) is 0 Å². The van der Waals surface area contributed by atoms with Crippen molar-refractivity contribution in [2.45, 2.75) is 90.9 Å². The van der Waals surface area contributed by atoms with Crippen LogP contribution in [0.25, 0.3) is 0 Å². The zero-order valence-electron chi connectivity index (χ0n) is 15.0. The molecular formula is C17H33N3O2.